The topological polar surface area (TPSA) is 41.1 Å². The predicted octanol–water partition coefficient (Wildman–Crippen LogP) is 3.64. The lowest BCUT2D eigenvalue weighted by atomic mass is 10.1. The second-order valence-electron chi connectivity index (χ2n) is 4.64. The van der Waals surface area contributed by atoms with E-state index in [4.69, 9.17) is 0 Å². The molecule has 1 aliphatic heterocycles. The molecule has 1 aliphatic rings. The van der Waals surface area contributed by atoms with Gasteiger partial charge in [-0.2, -0.15) is 0 Å². The van der Waals surface area contributed by atoms with Crippen molar-refractivity contribution in [2.45, 2.75) is 18.9 Å². The van der Waals surface area contributed by atoms with Crippen molar-refractivity contribution in [3.63, 3.8) is 0 Å². The molecule has 1 aromatic rings. The summed E-state index contributed by atoms with van der Waals surface area (Å²) in [5.74, 6) is 0.661. The van der Waals surface area contributed by atoms with Crippen LogP contribution in [0, 0.1) is 0 Å². The predicted molar refractivity (Wildman–Crippen MR) is 91.8 cm³/mol. The standard InChI is InChI=1S/C14H19BrN4S/c1-4-11-9-16-14(18-13(11)10(2)15)17-12-5-7-19(20-3)8-6-12/h4,9,12H,1-2,5-8H2,3H3,(H,16,17,18). The van der Waals surface area contributed by atoms with E-state index in [9.17, 15) is 0 Å². The highest BCUT2D eigenvalue weighted by Gasteiger charge is 2.19. The smallest absolute Gasteiger partial charge is 0.223 e. The number of nitrogens with zero attached hydrogens (tertiary/aromatic N) is 3. The van der Waals surface area contributed by atoms with E-state index in [0.717, 1.165) is 41.7 Å². The van der Waals surface area contributed by atoms with Crippen LogP contribution in [-0.4, -0.2) is 39.7 Å². The van der Waals surface area contributed by atoms with Crippen LogP contribution in [0.1, 0.15) is 24.1 Å². The van der Waals surface area contributed by atoms with Crippen molar-refractivity contribution in [2.75, 3.05) is 24.7 Å². The highest BCUT2D eigenvalue weighted by Crippen LogP contribution is 2.23. The summed E-state index contributed by atoms with van der Waals surface area (Å²) in [5, 5.41) is 3.42. The first kappa shape index (κ1) is 15.5. The third-order valence-electron chi connectivity index (χ3n) is 3.34. The van der Waals surface area contributed by atoms with Gasteiger partial charge in [0.05, 0.1) is 5.69 Å². The Morgan fingerprint density at radius 3 is 2.80 bits per heavy atom. The first-order valence-electron chi connectivity index (χ1n) is 6.54. The summed E-state index contributed by atoms with van der Waals surface area (Å²) in [7, 11) is 0. The zero-order valence-corrected chi connectivity index (χ0v) is 14.0. The van der Waals surface area contributed by atoms with Crippen LogP contribution in [0.4, 0.5) is 5.95 Å². The Labute approximate surface area is 133 Å². The van der Waals surface area contributed by atoms with Crippen molar-refractivity contribution in [3.8, 4) is 0 Å². The minimum absolute atomic E-state index is 0.435. The fourth-order valence-electron chi connectivity index (χ4n) is 2.19. The quantitative estimate of drug-likeness (QED) is 0.817. The van der Waals surface area contributed by atoms with Crippen LogP contribution in [-0.2, 0) is 0 Å². The van der Waals surface area contributed by atoms with Gasteiger partial charge in [-0.15, -0.1) is 0 Å². The van der Waals surface area contributed by atoms with Gasteiger partial charge in [0.2, 0.25) is 5.95 Å². The molecule has 0 bridgehead atoms. The van der Waals surface area contributed by atoms with Crippen LogP contribution in [0.25, 0.3) is 10.6 Å². The average molecular weight is 355 g/mol. The normalized spacial score (nSPS) is 16.9. The summed E-state index contributed by atoms with van der Waals surface area (Å²) < 4.78 is 3.13. The van der Waals surface area contributed by atoms with Gasteiger partial charge in [0, 0.05) is 35.4 Å². The molecule has 1 aromatic heterocycles. The zero-order chi connectivity index (χ0) is 14.5. The van der Waals surface area contributed by atoms with Crippen molar-refractivity contribution in [1.29, 1.82) is 0 Å². The van der Waals surface area contributed by atoms with Crippen LogP contribution in [0.3, 0.4) is 0 Å². The minimum Gasteiger partial charge on any atom is -0.351 e. The fraction of sp³-hybridized carbons (Fsp3) is 0.429. The molecule has 1 saturated heterocycles. The third kappa shape index (κ3) is 3.84. The molecule has 1 N–H and O–H groups in total. The lowest BCUT2D eigenvalue weighted by Gasteiger charge is -2.30. The number of halogens is 1. The summed E-state index contributed by atoms with van der Waals surface area (Å²) in [6.45, 7) is 9.85. The van der Waals surface area contributed by atoms with E-state index < -0.39 is 0 Å². The van der Waals surface area contributed by atoms with Crippen molar-refractivity contribution < 1.29 is 0 Å². The molecule has 6 heteroatoms. The Morgan fingerprint density at radius 1 is 1.55 bits per heavy atom. The van der Waals surface area contributed by atoms with E-state index in [0.29, 0.717) is 12.0 Å². The van der Waals surface area contributed by atoms with Crippen molar-refractivity contribution >= 4 is 44.4 Å². The van der Waals surface area contributed by atoms with E-state index in [2.05, 4.69) is 54.9 Å². The number of hydrogen-bond acceptors (Lipinski definition) is 5. The second-order valence-corrected chi connectivity index (χ2v) is 6.48. The Bertz CT molecular complexity index is 498. The van der Waals surface area contributed by atoms with E-state index in [1.165, 1.54) is 0 Å². The fourth-order valence-corrected chi connectivity index (χ4v) is 3.09. The summed E-state index contributed by atoms with van der Waals surface area (Å²) in [5.41, 5.74) is 1.67. The highest BCUT2D eigenvalue weighted by molar-refractivity contribution is 9.15. The van der Waals surface area contributed by atoms with Crippen LogP contribution in [0.15, 0.2) is 19.4 Å². The third-order valence-corrected chi connectivity index (χ3v) is 4.60. The van der Waals surface area contributed by atoms with Crippen molar-refractivity contribution in [2.24, 2.45) is 0 Å². The first-order valence-corrected chi connectivity index (χ1v) is 8.51. The molecule has 20 heavy (non-hydrogen) atoms. The average Bonchev–Trinajstić information content (AvgIpc) is 2.48. The number of piperidine rings is 1. The van der Waals surface area contributed by atoms with Gasteiger partial charge in [-0.05, 0) is 35.0 Å². The van der Waals surface area contributed by atoms with E-state index in [1.54, 1.807) is 12.3 Å². The number of aromatic nitrogens is 2. The Balaban J connectivity index is 2.05. The van der Waals surface area contributed by atoms with Crippen LogP contribution in [0.5, 0.6) is 0 Å². The van der Waals surface area contributed by atoms with Gasteiger partial charge in [-0.3, -0.25) is 4.31 Å². The molecule has 0 aliphatic carbocycles. The maximum absolute atomic E-state index is 4.52. The lowest BCUT2D eigenvalue weighted by Crippen LogP contribution is -2.35. The molecule has 0 atom stereocenters. The molecule has 4 nitrogen and oxygen atoms in total. The van der Waals surface area contributed by atoms with E-state index in [-0.39, 0.29) is 0 Å². The van der Waals surface area contributed by atoms with Gasteiger partial charge < -0.3 is 5.32 Å². The van der Waals surface area contributed by atoms with E-state index >= 15 is 0 Å². The summed E-state index contributed by atoms with van der Waals surface area (Å²) in [4.78, 5) is 8.87. The van der Waals surface area contributed by atoms with Gasteiger partial charge in [0.15, 0.2) is 0 Å². The van der Waals surface area contributed by atoms with Gasteiger partial charge in [-0.25, -0.2) is 9.97 Å². The van der Waals surface area contributed by atoms with Gasteiger partial charge in [0.1, 0.15) is 0 Å². The Kier molecular flexibility index (Phi) is 5.63. The van der Waals surface area contributed by atoms with Crippen molar-refractivity contribution in [3.05, 3.63) is 30.6 Å². The largest absolute Gasteiger partial charge is 0.351 e. The Hall–Kier alpha value is -0.850. The highest BCUT2D eigenvalue weighted by atomic mass is 79.9. The molecule has 2 heterocycles. The summed E-state index contributed by atoms with van der Waals surface area (Å²) >= 11 is 5.19. The zero-order valence-electron chi connectivity index (χ0n) is 11.6. The molecule has 2 rings (SSSR count). The number of anilines is 1. The summed E-state index contributed by atoms with van der Waals surface area (Å²) in [6.07, 6.45) is 7.86. The maximum Gasteiger partial charge on any atom is 0.223 e. The molecular weight excluding hydrogens is 336 g/mol. The molecule has 0 spiro atoms. The number of rotatable bonds is 5. The number of nitrogens with one attached hydrogen (secondary N) is 1. The molecule has 0 radical (unpaired) electrons. The second kappa shape index (κ2) is 7.24. The van der Waals surface area contributed by atoms with Gasteiger partial charge in [-0.1, -0.05) is 31.2 Å². The van der Waals surface area contributed by atoms with Crippen LogP contribution < -0.4 is 5.32 Å². The molecule has 1 fully saturated rings. The molecular formula is C14H19BrN4S. The molecule has 0 saturated carbocycles. The molecule has 0 amide bonds. The molecule has 0 aromatic carbocycles. The van der Waals surface area contributed by atoms with Gasteiger partial charge in [0.25, 0.3) is 0 Å². The van der Waals surface area contributed by atoms with Crippen LogP contribution >= 0.6 is 27.9 Å². The van der Waals surface area contributed by atoms with Crippen LogP contribution in [0.2, 0.25) is 0 Å². The SMILES string of the molecule is C=Cc1cnc(NC2CCN(SC)CC2)nc1C(=C)Br. The van der Waals surface area contributed by atoms with Gasteiger partial charge >= 0.3 is 0 Å². The van der Waals surface area contributed by atoms with Crippen molar-refractivity contribution in [1.82, 2.24) is 14.3 Å². The maximum atomic E-state index is 4.52. The minimum atomic E-state index is 0.435. The summed E-state index contributed by atoms with van der Waals surface area (Å²) in [6, 6.07) is 0.435. The number of hydrogen-bond donors (Lipinski definition) is 1. The first-order chi connectivity index (χ1) is 9.63. The molecule has 0 unspecified atom stereocenters. The Morgan fingerprint density at radius 2 is 2.25 bits per heavy atom. The van der Waals surface area contributed by atoms with E-state index in [1.807, 2.05) is 11.9 Å². The monoisotopic (exact) mass is 354 g/mol. The lowest BCUT2D eigenvalue weighted by molar-refractivity contribution is 0.358. The molecule has 108 valence electrons.